The fraction of sp³-hybridized carbons (Fsp3) is 0.619. The molecule has 2 unspecified atom stereocenters. The van der Waals surface area contributed by atoms with Gasteiger partial charge in [-0.1, -0.05) is 62.8 Å². The van der Waals surface area contributed by atoms with E-state index < -0.39 is 0 Å². The average molecular weight is 316 g/mol. The third-order valence-corrected chi connectivity index (χ3v) is 4.52. The van der Waals surface area contributed by atoms with Crippen molar-refractivity contribution in [3.8, 4) is 5.75 Å². The molecule has 0 amide bonds. The molecule has 1 saturated heterocycles. The van der Waals surface area contributed by atoms with Gasteiger partial charge in [0.25, 0.3) is 0 Å². The summed E-state index contributed by atoms with van der Waals surface area (Å²) < 4.78 is 11.1. The molecule has 128 valence electrons. The van der Waals surface area contributed by atoms with Crippen molar-refractivity contribution in [1.82, 2.24) is 0 Å². The van der Waals surface area contributed by atoms with Crippen LogP contribution in [-0.2, 0) is 4.74 Å². The van der Waals surface area contributed by atoms with Crippen molar-refractivity contribution in [2.75, 3.05) is 13.2 Å². The standard InChI is InChI=1S/C21H32O2/c1-2-12-19(17-21-18-23-21)13-8-5-3-4-6-11-16-22-20-14-9-7-10-15-20/h2,7,9-10,14-15,19,21H,1,3-6,8,11-13,16-18H2. The largest absolute Gasteiger partial charge is 0.494 e. The molecule has 0 radical (unpaired) electrons. The summed E-state index contributed by atoms with van der Waals surface area (Å²) in [5.41, 5.74) is 0. The quantitative estimate of drug-likeness (QED) is 0.247. The highest BCUT2D eigenvalue weighted by Gasteiger charge is 2.25. The lowest BCUT2D eigenvalue weighted by atomic mass is 9.93. The van der Waals surface area contributed by atoms with E-state index in [1.54, 1.807) is 0 Å². The van der Waals surface area contributed by atoms with E-state index in [0.717, 1.165) is 37.7 Å². The Morgan fingerprint density at radius 2 is 1.78 bits per heavy atom. The SMILES string of the molecule is C=CCC(CCCCCCCCOc1ccccc1)CC1CO1. The zero-order chi connectivity index (χ0) is 16.2. The first kappa shape index (κ1) is 18.1. The highest BCUT2D eigenvalue weighted by atomic mass is 16.6. The summed E-state index contributed by atoms with van der Waals surface area (Å²) >= 11 is 0. The number of para-hydroxylation sites is 1. The molecule has 0 spiro atoms. The molecule has 0 aromatic heterocycles. The van der Waals surface area contributed by atoms with Gasteiger partial charge in [-0.2, -0.15) is 0 Å². The Hall–Kier alpha value is -1.28. The Labute approximate surface area is 141 Å². The number of unbranched alkanes of at least 4 members (excludes halogenated alkanes) is 5. The summed E-state index contributed by atoms with van der Waals surface area (Å²) in [5.74, 6) is 1.78. The van der Waals surface area contributed by atoms with Gasteiger partial charge in [-0.3, -0.25) is 0 Å². The Bertz CT molecular complexity index is 411. The molecular formula is C21H32O2. The molecule has 2 heteroatoms. The lowest BCUT2D eigenvalue weighted by molar-refractivity contribution is 0.303. The van der Waals surface area contributed by atoms with Gasteiger partial charge in [0.05, 0.1) is 19.3 Å². The minimum atomic E-state index is 0.560. The molecule has 2 rings (SSSR count). The maximum atomic E-state index is 5.71. The Morgan fingerprint density at radius 1 is 1.09 bits per heavy atom. The van der Waals surface area contributed by atoms with Gasteiger partial charge in [0.2, 0.25) is 0 Å². The number of benzene rings is 1. The van der Waals surface area contributed by atoms with E-state index in [0.29, 0.717) is 6.10 Å². The van der Waals surface area contributed by atoms with Crippen molar-refractivity contribution in [2.24, 2.45) is 5.92 Å². The van der Waals surface area contributed by atoms with Gasteiger partial charge in [0.15, 0.2) is 0 Å². The molecular weight excluding hydrogens is 284 g/mol. The first-order valence-electron chi connectivity index (χ1n) is 9.29. The second-order valence-corrected chi connectivity index (χ2v) is 6.65. The average Bonchev–Trinajstić information content (AvgIpc) is 3.38. The van der Waals surface area contributed by atoms with Gasteiger partial charge < -0.3 is 9.47 Å². The number of allylic oxidation sites excluding steroid dienone is 1. The smallest absolute Gasteiger partial charge is 0.119 e. The lowest BCUT2D eigenvalue weighted by Gasteiger charge is -2.13. The van der Waals surface area contributed by atoms with Crippen LogP contribution >= 0.6 is 0 Å². The molecule has 0 saturated carbocycles. The van der Waals surface area contributed by atoms with Gasteiger partial charge in [0.1, 0.15) is 5.75 Å². The summed E-state index contributed by atoms with van der Waals surface area (Å²) in [4.78, 5) is 0. The second-order valence-electron chi connectivity index (χ2n) is 6.65. The first-order valence-corrected chi connectivity index (χ1v) is 9.29. The summed E-state index contributed by atoms with van der Waals surface area (Å²) in [6, 6.07) is 10.1. The Kier molecular flexibility index (Phi) is 8.86. The number of ether oxygens (including phenoxy) is 2. The van der Waals surface area contributed by atoms with Gasteiger partial charge in [-0.15, -0.1) is 6.58 Å². The first-order chi connectivity index (χ1) is 11.4. The van der Waals surface area contributed by atoms with Crippen LogP contribution in [-0.4, -0.2) is 19.3 Å². The molecule has 1 heterocycles. The second kappa shape index (κ2) is 11.3. The minimum absolute atomic E-state index is 0.560. The highest BCUT2D eigenvalue weighted by molar-refractivity contribution is 5.20. The van der Waals surface area contributed by atoms with Crippen LogP contribution in [0.2, 0.25) is 0 Å². The van der Waals surface area contributed by atoms with Crippen LogP contribution in [0, 0.1) is 5.92 Å². The molecule has 23 heavy (non-hydrogen) atoms. The number of hydrogen-bond acceptors (Lipinski definition) is 2. The van der Waals surface area contributed by atoms with Crippen molar-refractivity contribution < 1.29 is 9.47 Å². The van der Waals surface area contributed by atoms with Crippen LogP contribution in [0.25, 0.3) is 0 Å². The zero-order valence-corrected chi connectivity index (χ0v) is 14.4. The Morgan fingerprint density at radius 3 is 2.48 bits per heavy atom. The minimum Gasteiger partial charge on any atom is -0.494 e. The van der Waals surface area contributed by atoms with Crippen LogP contribution in [0.5, 0.6) is 5.75 Å². The fourth-order valence-corrected chi connectivity index (χ4v) is 3.09. The number of hydrogen-bond donors (Lipinski definition) is 0. The van der Waals surface area contributed by atoms with Crippen LogP contribution in [0.4, 0.5) is 0 Å². The summed E-state index contributed by atoms with van der Waals surface area (Å²) in [6.07, 6.45) is 14.2. The van der Waals surface area contributed by atoms with Gasteiger partial charge in [-0.25, -0.2) is 0 Å². The van der Waals surface area contributed by atoms with Gasteiger partial charge in [0, 0.05) is 0 Å². The van der Waals surface area contributed by atoms with Gasteiger partial charge in [-0.05, 0) is 37.3 Å². The van der Waals surface area contributed by atoms with E-state index in [1.807, 2.05) is 30.3 Å². The topological polar surface area (TPSA) is 21.8 Å². The molecule has 2 atom stereocenters. The van der Waals surface area contributed by atoms with Crippen molar-refractivity contribution in [1.29, 1.82) is 0 Å². The number of rotatable bonds is 14. The predicted molar refractivity (Wildman–Crippen MR) is 96.9 cm³/mol. The maximum Gasteiger partial charge on any atom is 0.119 e. The molecule has 1 fully saturated rings. The molecule has 0 aliphatic carbocycles. The molecule has 1 aliphatic heterocycles. The summed E-state index contributed by atoms with van der Waals surface area (Å²) in [6.45, 7) is 5.71. The van der Waals surface area contributed by atoms with E-state index in [2.05, 4.69) is 12.7 Å². The Balaban J connectivity index is 1.39. The van der Waals surface area contributed by atoms with Crippen molar-refractivity contribution in [3.05, 3.63) is 43.0 Å². The molecule has 0 bridgehead atoms. The van der Waals surface area contributed by atoms with Crippen molar-refractivity contribution in [2.45, 2.75) is 63.9 Å². The van der Waals surface area contributed by atoms with Crippen molar-refractivity contribution in [3.63, 3.8) is 0 Å². The van der Waals surface area contributed by atoms with Crippen LogP contribution in [0.3, 0.4) is 0 Å². The van der Waals surface area contributed by atoms with E-state index in [1.165, 1.54) is 44.9 Å². The predicted octanol–water partition coefficient (Wildman–Crippen LogP) is 5.78. The molecule has 2 nitrogen and oxygen atoms in total. The van der Waals surface area contributed by atoms with E-state index in [9.17, 15) is 0 Å². The maximum absolute atomic E-state index is 5.71. The molecule has 1 aromatic carbocycles. The van der Waals surface area contributed by atoms with E-state index >= 15 is 0 Å². The van der Waals surface area contributed by atoms with Crippen LogP contribution in [0.15, 0.2) is 43.0 Å². The van der Waals surface area contributed by atoms with Crippen LogP contribution in [0.1, 0.15) is 57.8 Å². The summed E-state index contributed by atoms with van der Waals surface area (Å²) in [7, 11) is 0. The molecule has 0 N–H and O–H groups in total. The van der Waals surface area contributed by atoms with E-state index in [-0.39, 0.29) is 0 Å². The zero-order valence-electron chi connectivity index (χ0n) is 14.4. The summed E-state index contributed by atoms with van der Waals surface area (Å²) in [5, 5.41) is 0. The highest BCUT2D eigenvalue weighted by Crippen LogP contribution is 2.26. The van der Waals surface area contributed by atoms with Gasteiger partial charge >= 0.3 is 0 Å². The monoisotopic (exact) mass is 316 g/mol. The third-order valence-electron chi connectivity index (χ3n) is 4.52. The molecule has 1 aromatic rings. The molecule has 1 aliphatic rings. The fourth-order valence-electron chi connectivity index (χ4n) is 3.09. The third kappa shape index (κ3) is 8.80. The normalized spacial score (nSPS) is 17.7. The van der Waals surface area contributed by atoms with Crippen molar-refractivity contribution >= 4 is 0 Å². The lowest BCUT2D eigenvalue weighted by Crippen LogP contribution is -2.03. The van der Waals surface area contributed by atoms with Crippen LogP contribution < -0.4 is 4.74 Å². The van der Waals surface area contributed by atoms with E-state index in [4.69, 9.17) is 9.47 Å². The number of epoxide rings is 1.